The van der Waals surface area contributed by atoms with Crippen LogP contribution in [0.25, 0.3) is 0 Å². The number of nitrogens with one attached hydrogen (secondary N) is 1. The molecule has 0 spiro atoms. The summed E-state index contributed by atoms with van der Waals surface area (Å²) in [7, 11) is 3.66. The number of halogens is 1. The molecule has 2 rings (SSSR count). The topological polar surface area (TPSA) is 86.4 Å². The van der Waals surface area contributed by atoms with Crippen LogP contribution in [0.15, 0.2) is 4.99 Å². The highest BCUT2D eigenvalue weighted by molar-refractivity contribution is 14.0. The molecule has 2 aliphatic rings. The number of likely N-dealkylation sites (tertiary alicyclic amines) is 1. The third kappa shape index (κ3) is 8.93. The van der Waals surface area contributed by atoms with Crippen LogP contribution in [0.3, 0.4) is 0 Å². The molecule has 0 aromatic heterocycles. The summed E-state index contributed by atoms with van der Waals surface area (Å²) in [5, 5.41) is 3.18. The Kier molecular flexibility index (Phi) is 12.2. The Morgan fingerprint density at radius 1 is 1.22 bits per heavy atom. The molecular weight excluding hydrogens is 459 g/mol. The number of nitrogens with two attached hydrogens (primary N) is 1. The zero-order valence-electron chi connectivity index (χ0n) is 16.9. The summed E-state index contributed by atoms with van der Waals surface area (Å²) in [5.74, 6) is 0.742. The minimum Gasteiger partial charge on any atom is -0.379 e. The lowest BCUT2D eigenvalue weighted by molar-refractivity contribution is -0.133. The van der Waals surface area contributed by atoms with E-state index in [9.17, 15) is 4.79 Å². The maximum absolute atomic E-state index is 12.2. The first kappa shape index (κ1) is 24.4. The van der Waals surface area contributed by atoms with Crippen molar-refractivity contribution in [1.29, 1.82) is 0 Å². The van der Waals surface area contributed by atoms with Crippen LogP contribution in [-0.4, -0.2) is 106 Å². The average Bonchev–Trinajstić information content (AvgIpc) is 3.11. The molecule has 0 bridgehead atoms. The molecule has 1 amide bonds. The standard InChI is InChI=1S/C18H36N6O2.HI/c1-22(2)17(25)16-6-3-10-24(16)11-5-8-21-18(19)20-7-4-9-23-12-14-26-15-13-23;/h16H,3-15H2,1-2H3,(H3,19,20,21);1H. The molecule has 9 heteroatoms. The summed E-state index contributed by atoms with van der Waals surface area (Å²) in [6.45, 7) is 8.24. The Morgan fingerprint density at radius 2 is 1.96 bits per heavy atom. The number of amides is 1. The number of carbonyl (C=O) groups is 1. The molecular formula is C18H37IN6O2. The van der Waals surface area contributed by atoms with Crippen molar-refractivity contribution >= 4 is 35.8 Å². The van der Waals surface area contributed by atoms with Crippen molar-refractivity contribution in [2.75, 3.05) is 73.1 Å². The van der Waals surface area contributed by atoms with Crippen molar-refractivity contribution in [1.82, 2.24) is 20.0 Å². The minimum atomic E-state index is 0. The third-order valence-corrected chi connectivity index (χ3v) is 5.04. The van der Waals surface area contributed by atoms with E-state index in [2.05, 4.69) is 20.1 Å². The maximum Gasteiger partial charge on any atom is 0.239 e. The number of aliphatic imine (C=N–C) groups is 1. The molecule has 2 fully saturated rings. The predicted molar refractivity (Wildman–Crippen MR) is 120 cm³/mol. The molecule has 0 radical (unpaired) electrons. The molecule has 2 heterocycles. The third-order valence-electron chi connectivity index (χ3n) is 5.04. The van der Waals surface area contributed by atoms with Gasteiger partial charge in [-0.3, -0.25) is 19.6 Å². The molecule has 0 aromatic carbocycles. The summed E-state index contributed by atoms with van der Waals surface area (Å²) >= 11 is 0. The monoisotopic (exact) mass is 496 g/mol. The normalized spacial score (nSPS) is 21.7. The number of morpholine rings is 1. The minimum absolute atomic E-state index is 0. The number of nitrogens with zero attached hydrogens (tertiary/aromatic N) is 4. The fourth-order valence-corrected chi connectivity index (χ4v) is 3.54. The van der Waals surface area contributed by atoms with E-state index in [0.29, 0.717) is 5.96 Å². The summed E-state index contributed by atoms with van der Waals surface area (Å²) in [5.41, 5.74) is 5.93. The van der Waals surface area contributed by atoms with Gasteiger partial charge in [-0.15, -0.1) is 24.0 Å². The molecule has 0 aromatic rings. The zero-order valence-corrected chi connectivity index (χ0v) is 19.2. The van der Waals surface area contributed by atoms with Crippen molar-refractivity contribution in [3.05, 3.63) is 0 Å². The second kappa shape index (κ2) is 13.5. The van der Waals surface area contributed by atoms with Gasteiger partial charge in [-0.1, -0.05) is 0 Å². The van der Waals surface area contributed by atoms with Gasteiger partial charge < -0.3 is 20.7 Å². The van der Waals surface area contributed by atoms with Gasteiger partial charge in [-0.05, 0) is 32.2 Å². The van der Waals surface area contributed by atoms with Gasteiger partial charge in [0, 0.05) is 53.4 Å². The first-order valence-corrected chi connectivity index (χ1v) is 9.87. The van der Waals surface area contributed by atoms with Crippen molar-refractivity contribution in [3.63, 3.8) is 0 Å². The Bertz CT molecular complexity index is 457. The van der Waals surface area contributed by atoms with Gasteiger partial charge in [0.1, 0.15) is 0 Å². The van der Waals surface area contributed by atoms with E-state index in [1.165, 1.54) is 0 Å². The van der Waals surface area contributed by atoms with Gasteiger partial charge in [0.25, 0.3) is 0 Å². The molecule has 0 aliphatic carbocycles. The van der Waals surface area contributed by atoms with Crippen LogP contribution in [0.2, 0.25) is 0 Å². The maximum atomic E-state index is 12.2. The highest BCUT2D eigenvalue weighted by Crippen LogP contribution is 2.18. The van der Waals surface area contributed by atoms with Gasteiger partial charge >= 0.3 is 0 Å². The van der Waals surface area contributed by atoms with Gasteiger partial charge in [-0.2, -0.15) is 0 Å². The van der Waals surface area contributed by atoms with E-state index < -0.39 is 0 Å². The first-order valence-electron chi connectivity index (χ1n) is 9.87. The second-order valence-corrected chi connectivity index (χ2v) is 7.28. The smallest absolute Gasteiger partial charge is 0.239 e. The second-order valence-electron chi connectivity index (χ2n) is 7.28. The van der Waals surface area contributed by atoms with Crippen molar-refractivity contribution in [2.24, 2.45) is 10.7 Å². The molecule has 1 atom stereocenters. The molecule has 2 saturated heterocycles. The van der Waals surface area contributed by atoms with Crippen LogP contribution >= 0.6 is 24.0 Å². The van der Waals surface area contributed by atoms with Crippen molar-refractivity contribution in [2.45, 2.75) is 31.7 Å². The van der Waals surface area contributed by atoms with Gasteiger partial charge in [-0.25, -0.2) is 0 Å². The largest absolute Gasteiger partial charge is 0.379 e. The SMILES string of the molecule is CN(C)C(=O)C1CCCN1CCCNC(N)=NCCCN1CCOCC1.I. The van der Waals surface area contributed by atoms with Gasteiger partial charge in [0.2, 0.25) is 5.91 Å². The van der Waals surface area contributed by atoms with E-state index in [0.717, 1.165) is 84.7 Å². The van der Waals surface area contributed by atoms with E-state index in [-0.39, 0.29) is 35.9 Å². The highest BCUT2D eigenvalue weighted by Gasteiger charge is 2.30. The average molecular weight is 496 g/mol. The summed E-state index contributed by atoms with van der Waals surface area (Å²) in [6.07, 6.45) is 4.05. The zero-order chi connectivity index (χ0) is 18.8. The number of ether oxygens (including phenoxy) is 1. The van der Waals surface area contributed by atoms with Crippen molar-refractivity contribution < 1.29 is 9.53 Å². The Labute approximate surface area is 180 Å². The highest BCUT2D eigenvalue weighted by atomic mass is 127. The Hall–Kier alpha value is -0.650. The van der Waals surface area contributed by atoms with Crippen LogP contribution in [0.1, 0.15) is 25.7 Å². The van der Waals surface area contributed by atoms with Crippen LogP contribution in [0.5, 0.6) is 0 Å². The molecule has 27 heavy (non-hydrogen) atoms. The fourth-order valence-electron chi connectivity index (χ4n) is 3.54. The molecule has 2 aliphatic heterocycles. The number of hydrogen-bond donors (Lipinski definition) is 2. The number of rotatable bonds is 9. The van der Waals surface area contributed by atoms with Gasteiger partial charge in [0.05, 0.1) is 19.3 Å². The van der Waals surface area contributed by atoms with Gasteiger partial charge in [0.15, 0.2) is 5.96 Å². The molecule has 8 nitrogen and oxygen atoms in total. The van der Waals surface area contributed by atoms with E-state index in [1.807, 2.05) is 14.1 Å². The summed E-state index contributed by atoms with van der Waals surface area (Å²) < 4.78 is 5.34. The van der Waals surface area contributed by atoms with Crippen LogP contribution in [-0.2, 0) is 9.53 Å². The quantitative estimate of drug-likeness (QED) is 0.205. The predicted octanol–water partition coefficient (Wildman–Crippen LogP) is 0.174. The van der Waals surface area contributed by atoms with E-state index >= 15 is 0 Å². The number of hydrogen-bond acceptors (Lipinski definition) is 5. The van der Waals surface area contributed by atoms with E-state index in [1.54, 1.807) is 4.90 Å². The number of carbonyl (C=O) groups excluding carboxylic acids is 1. The number of guanidine groups is 1. The lowest BCUT2D eigenvalue weighted by Crippen LogP contribution is -2.43. The first-order chi connectivity index (χ1) is 12.6. The lowest BCUT2D eigenvalue weighted by Gasteiger charge is -2.26. The molecule has 1 unspecified atom stereocenters. The Balaban J connectivity index is 0.00000364. The molecule has 158 valence electrons. The fraction of sp³-hybridized carbons (Fsp3) is 0.889. The van der Waals surface area contributed by atoms with Crippen LogP contribution in [0.4, 0.5) is 0 Å². The lowest BCUT2D eigenvalue weighted by atomic mass is 10.2. The summed E-state index contributed by atoms with van der Waals surface area (Å²) in [6, 6.07) is 0.0520. The molecule has 3 N–H and O–H groups in total. The Morgan fingerprint density at radius 3 is 2.67 bits per heavy atom. The molecule has 0 saturated carbocycles. The summed E-state index contributed by atoms with van der Waals surface area (Å²) in [4.78, 5) is 23.0. The van der Waals surface area contributed by atoms with E-state index in [4.69, 9.17) is 10.5 Å². The van der Waals surface area contributed by atoms with Crippen molar-refractivity contribution in [3.8, 4) is 0 Å². The number of likely N-dealkylation sites (N-methyl/N-ethyl adjacent to an activating group) is 1. The van der Waals surface area contributed by atoms with Crippen LogP contribution < -0.4 is 11.1 Å². The van der Waals surface area contributed by atoms with Crippen LogP contribution in [0, 0.1) is 0 Å².